The van der Waals surface area contributed by atoms with Gasteiger partial charge in [-0.2, -0.15) is 0 Å². The third-order valence-corrected chi connectivity index (χ3v) is 3.40. The lowest BCUT2D eigenvalue weighted by molar-refractivity contribution is -0.137. The molecule has 1 heterocycles. The minimum absolute atomic E-state index is 0.0968. The van der Waals surface area contributed by atoms with Gasteiger partial charge in [0.2, 0.25) is 5.91 Å². The molecular formula is C13H26N2O2. The van der Waals surface area contributed by atoms with Crippen LogP contribution >= 0.6 is 0 Å². The van der Waals surface area contributed by atoms with Crippen molar-refractivity contribution in [2.75, 3.05) is 26.3 Å². The van der Waals surface area contributed by atoms with Gasteiger partial charge >= 0.3 is 0 Å². The zero-order valence-corrected chi connectivity index (χ0v) is 11.5. The molecule has 1 rings (SSSR count). The maximum absolute atomic E-state index is 12.2. The summed E-state index contributed by atoms with van der Waals surface area (Å²) in [4.78, 5) is 14.1. The van der Waals surface area contributed by atoms with E-state index in [9.17, 15) is 4.79 Å². The van der Waals surface area contributed by atoms with E-state index in [1.807, 2.05) is 11.8 Å². The SMILES string of the molecule is CCC(NC(C)C(=O)N1CCOCC1)C(C)C. The highest BCUT2D eigenvalue weighted by Crippen LogP contribution is 2.08. The van der Waals surface area contributed by atoms with Crippen molar-refractivity contribution in [2.45, 2.75) is 46.2 Å². The first-order chi connectivity index (χ1) is 8.06. The number of nitrogens with zero attached hydrogens (tertiary/aromatic N) is 1. The number of carbonyl (C=O) groups is 1. The van der Waals surface area contributed by atoms with Crippen molar-refractivity contribution in [3.8, 4) is 0 Å². The number of carbonyl (C=O) groups excluding carboxylic acids is 1. The van der Waals surface area contributed by atoms with Crippen LogP contribution in [0.15, 0.2) is 0 Å². The van der Waals surface area contributed by atoms with E-state index in [0.717, 1.165) is 19.5 Å². The van der Waals surface area contributed by atoms with E-state index < -0.39 is 0 Å². The van der Waals surface area contributed by atoms with Gasteiger partial charge in [0.05, 0.1) is 19.3 Å². The maximum atomic E-state index is 12.2. The van der Waals surface area contributed by atoms with Gasteiger partial charge in [-0.05, 0) is 19.3 Å². The van der Waals surface area contributed by atoms with Crippen LogP contribution in [0.2, 0.25) is 0 Å². The second kappa shape index (κ2) is 6.97. The topological polar surface area (TPSA) is 41.6 Å². The molecule has 0 aromatic rings. The number of nitrogens with one attached hydrogen (secondary N) is 1. The van der Waals surface area contributed by atoms with Crippen LogP contribution in [-0.2, 0) is 9.53 Å². The lowest BCUT2D eigenvalue weighted by Gasteiger charge is -2.32. The van der Waals surface area contributed by atoms with Crippen molar-refractivity contribution in [3.05, 3.63) is 0 Å². The highest BCUT2D eigenvalue weighted by Gasteiger charge is 2.24. The molecule has 1 aliphatic rings. The molecule has 0 saturated carbocycles. The number of hydrogen-bond acceptors (Lipinski definition) is 3. The Balaban J connectivity index is 2.44. The van der Waals surface area contributed by atoms with E-state index in [1.165, 1.54) is 0 Å². The second-order valence-electron chi connectivity index (χ2n) is 5.08. The predicted octanol–water partition coefficient (Wildman–Crippen LogP) is 1.26. The molecule has 4 nitrogen and oxygen atoms in total. The molecule has 1 amide bonds. The molecule has 0 aliphatic carbocycles. The third kappa shape index (κ3) is 4.28. The van der Waals surface area contributed by atoms with Crippen LogP contribution in [0.1, 0.15) is 34.1 Å². The molecule has 17 heavy (non-hydrogen) atoms. The number of rotatable bonds is 5. The molecule has 1 fully saturated rings. The van der Waals surface area contributed by atoms with Crippen LogP contribution in [0.3, 0.4) is 0 Å². The Hall–Kier alpha value is -0.610. The smallest absolute Gasteiger partial charge is 0.239 e. The van der Waals surface area contributed by atoms with Gasteiger partial charge in [-0.1, -0.05) is 20.8 Å². The molecule has 0 aromatic carbocycles. The van der Waals surface area contributed by atoms with Crippen molar-refractivity contribution in [1.82, 2.24) is 10.2 Å². The van der Waals surface area contributed by atoms with Crippen LogP contribution in [0.5, 0.6) is 0 Å². The van der Waals surface area contributed by atoms with Gasteiger partial charge in [-0.25, -0.2) is 0 Å². The maximum Gasteiger partial charge on any atom is 0.239 e. The summed E-state index contributed by atoms with van der Waals surface area (Å²) in [6.07, 6.45) is 1.05. The number of hydrogen-bond donors (Lipinski definition) is 1. The van der Waals surface area contributed by atoms with E-state index in [1.54, 1.807) is 0 Å². The summed E-state index contributed by atoms with van der Waals surface area (Å²) in [5.74, 6) is 0.757. The molecule has 100 valence electrons. The Labute approximate surface area is 105 Å². The average molecular weight is 242 g/mol. The van der Waals surface area contributed by atoms with Gasteiger partial charge in [0.25, 0.3) is 0 Å². The molecule has 0 radical (unpaired) electrons. The largest absolute Gasteiger partial charge is 0.378 e. The van der Waals surface area contributed by atoms with E-state index in [0.29, 0.717) is 25.2 Å². The van der Waals surface area contributed by atoms with Crippen molar-refractivity contribution in [1.29, 1.82) is 0 Å². The van der Waals surface area contributed by atoms with Gasteiger partial charge in [0, 0.05) is 19.1 Å². The molecule has 0 aromatic heterocycles. The summed E-state index contributed by atoms with van der Waals surface area (Å²) in [6, 6.07) is 0.315. The van der Waals surface area contributed by atoms with E-state index in [-0.39, 0.29) is 11.9 Å². The van der Waals surface area contributed by atoms with Crippen molar-refractivity contribution in [3.63, 3.8) is 0 Å². The van der Waals surface area contributed by atoms with Crippen molar-refractivity contribution < 1.29 is 9.53 Å². The zero-order valence-electron chi connectivity index (χ0n) is 11.5. The minimum Gasteiger partial charge on any atom is -0.378 e. The molecule has 4 heteroatoms. The summed E-state index contributed by atoms with van der Waals surface area (Å²) in [5.41, 5.74) is 0. The highest BCUT2D eigenvalue weighted by molar-refractivity contribution is 5.81. The van der Waals surface area contributed by atoms with Gasteiger partial charge < -0.3 is 15.0 Å². The molecule has 1 aliphatic heterocycles. The van der Waals surface area contributed by atoms with Crippen molar-refractivity contribution in [2.24, 2.45) is 5.92 Å². The fraction of sp³-hybridized carbons (Fsp3) is 0.923. The number of ether oxygens (including phenoxy) is 1. The summed E-state index contributed by atoms with van der Waals surface area (Å²) in [6.45, 7) is 11.3. The highest BCUT2D eigenvalue weighted by atomic mass is 16.5. The molecule has 0 spiro atoms. The zero-order chi connectivity index (χ0) is 12.8. The summed E-state index contributed by atoms with van der Waals surface area (Å²) >= 11 is 0. The summed E-state index contributed by atoms with van der Waals surface area (Å²) < 4.78 is 5.26. The second-order valence-corrected chi connectivity index (χ2v) is 5.08. The monoisotopic (exact) mass is 242 g/mol. The fourth-order valence-corrected chi connectivity index (χ4v) is 2.23. The molecule has 0 bridgehead atoms. The van der Waals surface area contributed by atoms with Gasteiger partial charge in [0.15, 0.2) is 0 Å². The molecule has 1 N–H and O–H groups in total. The van der Waals surface area contributed by atoms with Gasteiger partial charge in [-0.3, -0.25) is 4.79 Å². The summed E-state index contributed by atoms with van der Waals surface area (Å²) in [5, 5.41) is 3.43. The standard InChI is InChI=1S/C13H26N2O2/c1-5-12(10(2)3)14-11(4)13(16)15-6-8-17-9-7-15/h10-12,14H,5-9H2,1-4H3. The molecular weight excluding hydrogens is 216 g/mol. The minimum atomic E-state index is -0.0968. The first-order valence-corrected chi connectivity index (χ1v) is 6.68. The number of morpholine rings is 1. The van der Waals surface area contributed by atoms with Crippen molar-refractivity contribution >= 4 is 5.91 Å². The van der Waals surface area contributed by atoms with Crippen LogP contribution in [0.4, 0.5) is 0 Å². The Morgan fingerprint density at radius 3 is 2.35 bits per heavy atom. The normalized spacial score (nSPS) is 20.4. The summed E-state index contributed by atoms with van der Waals surface area (Å²) in [7, 11) is 0. The molecule has 1 saturated heterocycles. The van der Waals surface area contributed by atoms with E-state index >= 15 is 0 Å². The first-order valence-electron chi connectivity index (χ1n) is 6.68. The fourth-order valence-electron chi connectivity index (χ4n) is 2.23. The first kappa shape index (κ1) is 14.5. The third-order valence-electron chi connectivity index (χ3n) is 3.40. The molecule has 2 atom stereocenters. The molecule has 2 unspecified atom stereocenters. The van der Waals surface area contributed by atoms with E-state index in [4.69, 9.17) is 4.74 Å². The average Bonchev–Trinajstić information content (AvgIpc) is 2.35. The Bertz CT molecular complexity index is 238. The van der Waals surface area contributed by atoms with Gasteiger partial charge in [-0.15, -0.1) is 0 Å². The quantitative estimate of drug-likeness (QED) is 0.789. The van der Waals surface area contributed by atoms with Crippen LogP contribution in [0.25, 0.3) is 0 Å². The van der Waals surface area contributed by atoms with Crippen LogP contribution in [0, 0.1) is 5.92 Å². The predicted molar refractivity (Wildman–Crippen MR) is 68.9 cm³/mol. The Morgan fingerprint density at radius 1 is 1.29 bits per heavy atom. The van der Waals surface area contributed by atoms with Crippen LogP contribution in [-0.4, -0.2) is 49.2 Å². The Morgan fingerprint density at radius 2 is 1.88 bits per heavy atom. The van der Waals surface area contributed by atoms with Gasteiger partial charge in [0.1, 0.15) is 0 Å². The lowest BCUT2D eigenvalue weighted by Crippen LogP contribution is -2.52. The Kier molecular flexibility index (Phi) is 5.92. The number of amides is 1. The van der Waals surface area contributed by atoms with E-state index in [2.05, 4.69) is 26.1 Å². The lowest BCUT2D eigenvalue weighted by atomic mass is 10.0. The van der Waals surface area contributed by atoms with Crippen LogP contribution < -0.4 is 5.32 Å².